The van der Waals surface area contributed by atoms with Gasteiger partial charge in [-0.05, 0) is 30.6 Å². The molecule has 0 bridgehead atoms. The molecule has 2 nitrogen and oxygen atoms in total. The first-order valence-electron chi connectivity index (χ1n) is 4.72. The van der Waals surface area contributed by atoms with Crippen molar-refractivity contribution in [2.45, 2.75) is 12.8 Å². The van der Waals surface area contributed by atoms with Crippen LogP contribution in [-0.4, -0.2) is 6.66 Å². The summed E-state index contributed by atoms with van der Waals surface area (Å²) in [5, 5.41) is 1.25. The van der Waals surface area contributed by atoms with Gasteiger partial charge in [-0.2, -0.15) is 0 Å². The number of nitrogens with two attached hydrogens (primary N) is 1. The number of fused-ring (bicyclic) bond motifs is 1. The number of allylic oxidation sites excluding steroid dienone is 1. The molecule has 1 aliphatic rings. The molecule has 1 atom stereocenters. The molecule has 1 aromatic rings. The lowest BCUT2D eigenvalue weighted by Gasteiger charge is -2.17. The summed E-state index contributed by atoms with van der Waals surface area (Å²) in [6.45, 7) is 2.04. The lowest BCUT2D eigenvalue weighted by molar-refractivity contribution is 0.381. The molecule has 1 unspecified atom stereocenters. The van der Waals surface area contributed by atoms with Crippen molar-refractivity contribution < 1.29 is 4.62 Å². The zero-order valence-corrected chi connectivity index (χ0v) is 9.13. The van der Waals surface area contributed by atoms with E-state index in [4.69, 9.17) is 10.5 Å². The second-order valence-electron chi connectivity index (χ2n) is 3.39. The Morgan fingerprint density at radius 3 is 3.07 bits per heavy atom. The van der Waals surface area contributed by atoms with Gasteiger partial charge in [0.05, 0.1) is 8.15 Å². The predicted molar refractivity (Wildman–Crippen MR) is 61.5 cm³/mol. The van der Waals surface area contributed by atoms with Gasteiger partial charge in [0.1, 0.15) is 0 Å². The van der Waals surface area contributed by atoms with Gasteiger partial charge in [0, 0.05) is 5.30 Å². The predicted octanol–water partition coefficient (Wildman–Crippen LogP) is 2.19. The topological polar surface area (TPSA) is 35.2 Å². The van der Waals surface area contributed by atoms with E-state index in [0.29, 0.717) is 0 Å². The average molecular weight is 207 g/mol. The fourth-order valence-electron chi connectivity index (χ4n) is 1.78. The Hall–Kier alpha value is -0.690. The third-order valence-corrected chi connectivity index (χ3v) is 3.92. The minimum absolute atomic E-state index is 0.662. The van der Waals surface area contributed by atoms with Gasteiger partial charge in [-0.3, -0.25) is 4.62 Å². The van der Waals surface area contributed by atoms with Crippen LogP contribution >= 0.6 is 8.15 Å². The highest BCUT2D eigenvalue weighted by molar-refractivity contribution is 7.60. The van der Waals surface area contributed by atoms with Crippen molar-refractivity contribution in [2.24, 2.45) is 5.90 Å². The molecule has 0 saturated carbocycles. The van der Waals surface area contributed by atoms with Crippen molar-refractivity contribution >= 4 is 19.5 Å². The number of benzene rings is 1. The van der Waals surface area contributed by atoms with Gasteiger partial charge in [-0.15, -0.1) is 0 Å². The molecule has 74 valence electrons. The minimum atomic E-state index is -0.662. The summed E-state index contributed by atoms with van der Waals surface area (Å²) in [6.07, 6.45) is 6.67. The van der Waals surface area contributed by atoms with Gasteiger partial charge < -0.3 is 0 Å². The maximum atomic E-state index is 5.24. The summed E-state index contributed by atoms with van der Waals surface area (Å²) in [5.41, 5.74) is 2.73. The number of rotatable bonds is 2. The normalized spacial score (nSPS) is 16.4. The molecular formula is C11H14NOP. The Bertz CT molecular complexity index is 362. The monoisotopic (exact) mass is 207 g/mol. The van der Waals surface area contributed by atoms with E-state index in [0.717, 1.165) is 12.8 Å². The molecule has 3 heteroatoms. The van der Waals surface area contributed by atoms with Gasteiger partial charge >= 0.3 is 0 Å². The molecule has 2 rings (SSSR count). The van der Waals surface area contributed by atoms with E-state index >= 15 is 0 Å². The van der Waals surface area contributed by atoms with E-state index in [1.165, 1.54) is 16.4 Å². The van der Waals surface area contributed by atoms with E-state index in [1.807, 2.05) is 6.66 Å². The van der Waals surface area contributed by atoms with E-state index < -0.39 is 8.15 Å². The Morgan fingerprint density at radius 1 is 1.43 bits per heavy atom. The minimum Gasteiger partial charge on any atom is -0.278 e. The zero-order valence-electron chi connectivity index (χ0n) is 8.23. The molecule has 0 radical (unpaired) electrons. The van der Waals surface area contributed by atoms with E-state index in [2.05, 4.69) is 30.4 Å². The Morgan fingerprint density at radius 2 is 2.29 bits per heavy atom. The highest BCUT2D eigenvalue weighted by atomic mass is 31.1. The highest BCUT2D eigenvalue weighted by Crippen LogP contribution is 2.32. The van der Waals surface area contributed by atoms with Crippen LogP contribution in [-0.2, 0) is 11.0 Å². The van der Waals surface area contributed by atoms with Gasteiger partial charge in [-0.25, -0.2) is 5.90 Å². The third kappa shape index (κ3) is 1.74. The first-order chi connectivity index (χ1) is 6.83. The quantitative estimate of drug-likeness (QED) is 0.596. The standard InChI is InChI=1S/C11H14NOP/c1-14(13-12)11-8-4-6-9-5-2-3-7-10(9)11/h3-4,6-8H,2,5,12H2,1H3. The van der Waals surface area contributed by atoms with E-state index in [9.17, 15) is 0 Å². The van der Waals surface area contributed by atoms with Crippen molar-refractivity contribution in [1.82, 2.24) is 0 Å². The van der Waals surface area contributed by atoms with Gasteiger partial charge in [0.2, 0.25) is 0 Å². The molecule has 0 aromatic heterocycles. The van der Waals surface area contributed by atoms with Crippen molar-refractivity contribution in [1.29, 1.82) is 0 Å². The van der Waals surface area contributed by atoms with Crippen LogP contribution in [0.1, 0.15) is 17.5 Å². The summed E-state index contributed by atoms with van der Waals surface area (Å²) < 4.78 is 4.93. The number of hydrogen-bond acceptors (Lipinski definition) is 2. The van der Waals surface area contributed by atoms with Crippen LogP contribution < -0.4 is 11.2 Å². The Balaban J connectivity index is 2.47. The van der Waals surface area contributed by atoms with E-state index in [1.54, 1.807) is 0 Å². The number of aryl methyl sites for hydroxylation is 1. The van der Waals surface area contributed by atoms with Crippen LogP contribution in [0.5, 0.6) is 0 Å². The van der Waals surface area contributed by atoms with E-state index in [-0.39, 0.29) is 0 Å². The SMILES string of the molecule is CP(ON)c1cccc2c1C=CCC2. The molecule has 0 heterocycles. The summed E-state index contributed by atoms with van der Waals surface area (Å²) in [6, 6.07) is 6.38. The van der Waals surface area contributed by atoms with Gasteiger partial charge in [0.15, 0.2) is 0 Å². The molecule has 14 heavy (non-hydrogen) atoms. The Kier molecular flexibility index (Phi) is 2.97. The maximum Gasteiger partial charge on any atom is 0.0828 e. The smallest absolute Gasteiger partial charge is 0.0828 e. The van der Waals surface area contributed by atoms with Crippen LogP contribution in [0.15, 0.2) is 24.3 Å². The molecule has 0 fully saturated rings. The van der Waals surface area contributed by atoms with Gasteiger partial charge in [0.25, 0.3) is 0 Å². The molecule has 0 amide bonds. The average Bonchev–Trinajstić information content (AvgIpc) is 2.27. The molecule has 0 spiro atoms. The van der Waals surface area contributed by atoms with Crippen molar-refractivity contribution in [3.8, 4) is 0 Å². The van der Waals surface area contributed by atoms with Crippen LogP contribution in [0, 0.1) is 0 Å². The zero-order chi connectivity index (χ0) is 9.97. The highest BCUT2D eigenvalue weighted by Gasteiger charge is 2.13. The van der Waals surface area contributed by atoms with Crippen molar-refractivity contribution in [2.75, 3.05) is 6.66 Å². The lowest BCUT2D eigenvalue weighted by atomic mass is 9.98. The Labute approximate surface area is 85.6 Å². The molecule has 2 N–H and O–H groups in total. The second kappa shape index (κ2) is 4.22. The molecule has 0 saturated heterocycles. The molecular weight excluding hydrogens is 193 g/mol. The summed E-state index contributed by atoms with van der Waals surface area (Å²) in [4.78, 5) is 0. The molecule has 1 aromatic carbocycles. The second-order valence-corrected chi connectivity index (χ2v) is 5.08. The van der Waals surface area contributed by atoms with Crippen molar-refractivity contribution in [3.63, 3.8) is 0 Å². The fourth-order valence-corrected chi connectivity index (χ4v) is 2.75. The lowest BCUT2D eigenvalue weighted by Crippen LogP contribution is -2.12. The third-order valence-electron chi connectivity index (χ3n) is 2.54. The van der Waals surface area contributed by atoms with Crippen LogP contribution in [0.2, 0.25) is 0 Å². The van der Waals surface area contributed by atoms with Crippen LogP contribution in [0.3, 0.4) is 0 Å². The van der Waals surface area contributed by atoms with Crippen LogP contribution in [0.25, 0.3) is 6.08 Å². The van der Waals surface area contributed by atoms with Crippen LogP contribution in [0.4, 0.5) is 0 Å². The number of hydrogen-bond donors (Lipinski definition) is 1. The summed E-state index contributed by atoms with van der Waals surface area (Å²) >= 11 is 0. The van der Waals surface area contributed by atoms with Crippen molar-refractivity contribution in [3.05, 3.63) is 35.4 Å². The summed E-state index contributed by atoms with van der Waals surface area (Å²) in [5.74, 6) is 5.24. The molecule has 1 aliphatic carbocycles. The largest absolute Gasteiger partial charge is 0.278 e. The maximum absolute atomic E-state index is 5.24. The first kappa shape index (κ1) is 9.85. The molecule has 0 aliphatic heterocycles. The summed E-state index contributed by atoms with van der Waals surface area (Å²) in [7, 11) is -0.662. The first-order valence-corrected chi connectivity index (χ1v) is 6.42. The van der Waals surface area contributed by atoms with Gasteiger partial charge in [-0.1, -0.05) is 30.4 Å². The fraction of sp³-hybridized carbons (Fsp3) is 0.273.